The molecule has 0 spiro atoms. The number of aromatic nitrogens is 4. The van der Waals surface area contributed by atoms with Gasteiger partial charge in [0.2, 0.25) is 0 Å². The van der Waals surface area contributed by atoms with Crippen molar-refractivity contribution in [2.45, 2.75) is 20.8 Å². The molecular weight excluding hydrogens is 789 g/mol. The molecule has 3 heterocycles. The van der Waals surface area contributed by atoms with Crippen molar-refractivity contribution < 1.29 is 0 Å². The lowest BCUT2D eigenvalue weighted by Crippen LogP contribution is -1.98. The van der Waals surface area contributed by atoms with E-state index in [-0.39, 0.29) is 0 Å². The van der Waals surface area contributed by atoms with E-state index in [9.17, 15) is 0 Å². The summed E-state index contributed by atoms with van der Waals surface area (Å²) in [5.74, 6) is 0.718. The molecule has 12 aromatic rings. The van der Waals surface area contributed by atoms with E-state index in [1.165, 1.54) is 88.4 Å². The Morgan fingerprint density at radius 1 is 0.308 bits per heavy atom. The van der Waals surface area contributed by atoms with Gasteiger partial charge in [0.25, 0.3) is 0 Å². The van der Waals surface area contributed by atoms with Gasteiger partial charge >= 0.3 is 0 Å². The van der Waals surface area contributed by atoms with Crippen LogP contribution in [-0.4, -0.2) is 19.1 Å². The lowest BCUT2D eigenvalue weighted by atomic mass is 9.97. The molecule has 0 aliphatic heterocycles. The molecule has 4 nitrogen and oxygen atoms in total. The normalized spacial score (nSPS) is 11.6. The third-order valence-electron chi connectivity index (χ3n) is 13.0. The van der Waals surface area contributed by atoms with Gasteiger partial charge < -0.3 is 9.13 Å². The molecule has 0 radical (unpaired) electrons. The molecule has 0 aliphatic carbocycles. The summed E-state index contributed by atoms with van der Waals surface area (Å²) >= 11 is 0. The summed E-state index contributed by atoms with van der Waals surface area (Å²) in [6, 6.07) is 76.5. The molecule has 0 aliphatic rings. The SMILES string of the molecule is Cc1ccc2c(c1)c1cc(C)ccc1n2-c1ccc2c(c1)c1ccccc1n2-c1ccc(-c2ccc(-c3ccc(-c4cc(-c5ccccc5)nc(-c5ccccc5)n4)cc3)cc2)cc1C. The topological polar surface area (TPSA) is 35.6 Å². The predicted molar refractivity (Wildman–Crippen MR) is 272 cm³/mol. The van der Waals surface area contributed by atoms with E-state index < -0.39 is 0 Å². The second kappa shape index (κ2) is 15.5. The van der Waals surface area contributed by atoms with Gasteiger partial charge in [0.15, 0.2) is 5.82 Å². The number of benzene rings is 9. The maximum Gasteiger partial charge on any atom is 0.160 e. The maximum atomic E-state index is 5.03. The second-order valence-electron chi connectivity index (χ2n) is 17.3. The summed E-state index contributed by atoms with van der Waals surface area (Å²) in [5, 5.41) is 5.07. The number of hydrogen-bond donors (Lipinski definition) is 0. The third kappa shape index (κ3) is 6.70. The summed E-state index contributed by atoms with van der Waals surface area (Å²) in [5.41, 5.74) is 20.6. The van der Waals surface area contributed by atoms with Crippen LogP contribution in [0.5, 0.6) is 0 Å². The van der Waals surface area contributed by atoms with Gasteiger partial charge in [-0.2, -0.15) is 0 Å². The van der Waals surface area contributed by atoms with E-state index in [4.69, 9.17) is 9.97 Å². The highest BCUT2D eigenvalue weighted by Gasteiger charge is 2.18. The van der Waals surface area contributed by atoms with Gasteiger partial charge in [-0.05, 0) is 115 Å². The maximum absolute atomic E-state index is 5.03. The Morgan fingerprint density at radius 3 is 1.38 bits per heavy atom. The van der Waals surface area contributed by atoms with Gasteiger partial charge in [-0.3, -0.25) is 0 Å². The molecule has 0 amide bonds. The smallest absolute Gasteiger partial charge is 0.160 e. The van der Waals surface area contributed by atoms with E-state index in [1.807, 2.05) is 36.4 Å². The fourth-order valence-electron chi connectivity index (χ4n) is 9.73. The van der Waals surface area contributed by atoms with Crippen LogP contribution in [-0.2, 0) is 0 Å². The first-order valence-corrected chi connectivity index (χ1v) is 22.3. The van der Waals surface area contributed by atoms with Crippen LogP contribution in [0.2, 0.25) is 0 Å². The third-order valence-corrected chi connectivity index (χ3v) is 13.0. The Labute approximate surface area is 378 Å². The molecule has 0 unspecified atom stereocenters. The van der Waals surface area contributed by atoms with Crippen molar-refractivity contribution in [2.75, 3.05) is 0 Å². The monoisotopic (exact) mass is 832 g/mol. The average molecular weight is 833 g/mol. The Balaban J connectivity index is 0.855. The Kier molecular flexibility index (Phi) is 9.13. The summed E-state index contributed by atoms with van der Waals surface area (Å²) in [6.07, 6.45) is 0. The van der Waals surface area contributed by atoms with Crippen LogP contribution >= 0.6 is 0 Å². The van der Waals surface area contributed by atoms with Gasteiger partial charge in [-0.1, -0.05) is 157 Å². The number of fused-ring (bicyclic) bond motifs is 6. The number of hydrogen-bond acceptors (Lipinski definition) is 2. The molecule has 308 valence electrons. The molecule has 65 heavy (non-hydrogen) atoms. The molecule has 0 saturated heterocycles. The van der Waals surface area contributed by atoms with Gasteiger partial charge in [0.1, 0.15) is 0 Å². The molecule has 0 N–H and O–H groups in total. The highest BCUT2D eigenvalue weighted by atomic mass is 15.0. The van der Waals surface area contributed by atoms with E-state index in [0.29, 0.717) is 0 Å². The largest absolute Gasteiger partial charge is 0.309 e. The van der Waals surface area contributed by atoms with Crippen molar-refractivity contribution in [1.82, 2.24) is 19.1 Å². The van der Waals surface area contributed by atoms with E-state index in [1.54, 1.807) is 0 Å². The van der Waals surface area contributed by atoms with Crippen molar-refractivity contribution in [3.8, 4) is 67.5 Å². The summed E-state index contributed by atoms with van der Waals surface area (Å²) in [6.45, 7) is 6.58. The van der Waals surface area contributed by atoms with Gasteiger partial charge in [-0.15, -0.1) is 0 Å². The molecule has 0 saturated carbocycles. The first kappa shape index (κ1) is 38.3. The minimum atomic E-state index is 0.718. The van der Waals surface area contributed by atoms with Crippen LogP contribution < -0.4 is 0 Å². The molecule has 3 aromatic heterocycles. The zero-order valence-corrected chi connectivity index (χ0v) is 36.5. The molecule has 12 rings (SSSR count). The highest BCUT2D eigenvalue weighted by molar-refractivity contribution is 6.12. The second-order valence-corrected chi connectivity index (χ2v) is 17.3. The quantitative estimate of drug-likeness (QED) is 0.160. The van der Waals surface area contributed by atoms with Crippen molar-refractivity contribution in [3.05, 3.63) is 229 Å². The van der Waals surface area contributed by atoms with Crippen LogP contribution in [0.3, 0.4) is 0 Å². The standard InChI is InChI=1S/C61H44N4/c1-39-18-30-58-51(34-39)52-35-40(2)19-31-59(52)64(58)49-29-33-60-53(37-49)50-16-10-11-17-57(50)65(60)56-32-28-48(36-41(56)3)44-22-20-42(21-23-44)43-24-26-46(27-25-43)55-38-54(45-12-6-4-7-13-45)62-61(63-55)47-14-8-5-9-15-47/h4-38H,1-3H3. The van der Waals surface area contributed by atoms with E-state index >= 15 is 0 Å². The first-order valence-electron chi connectivity index (χ1n) is 22.3. The van der Waals surface area contributed by atoms with Crippen LogP contribution in [0.1, 0.15) is 16.7 Å². The first-order chi connectivity index (χ1) is 31.9. The van der Waals surface area contributed by atoms with Crippen molar-refractivity contribution >= 4 is 43.6 Å². The summed E-state index contributed by atoms with van der Waals surface area (Å²) in [7, 11) is 0. The number of rotatable bonds is 7. The zero-order chi connectivity index (χ0) is 43.6. The highest BCUT2D eigenvalue weighted by Crippen LogP contribution is 2.39. The average Bonchev–Trinajstić information content (AvgIpc) is 3.85. The van der Waals surface area contributed by atoms with Gasteiger partial charge in [0, 0.05) is 49.6 Å². The van der Waals surface area contributed by atoms with Crippen LogP contribution in [0.15, 0.2) is 212 Å². The minimum Gasteiger partial charge on any atom is -0.309 e. The molecular formula is C61H44N4. The van der Waals surface area contributed by atoms with Crippen molar-refractivity contribution in [2.24, 2.45) is 0 Å². The van der Waals surface area contributed by atoms with E-state index in [0.717, 1.165) is 39.5 Å². The van der Waals surface area contributed by atoms with Crippen LogP contribution in [0.25, 0.3) is 111 Å². The fourth-order valence-corrected chi connectivity index (χ4v) is 9.73. The lowest BCUT2D eigenvalue weighted by Gasteiger charge is -2.14. The Bertz CT molecular complexity index is 3650. The number of aryl methyl sites for hydroxylation is 3. The lowest BCUT2D eigenvalue weighted by molar-refractivity contribution is 1.14. The van der Waals surface area contributed by atoms with Crippen LogP contribution in [0, 0.1) is 20.8 Å². The summed E-state index contributed by atoms with van der Waals surface area (Å²) < 4.78 is 4.86. The molecule has 9 aromatic carbocycles. The predicted octanol–water partition coefficient (Wildman–Crippen LogP) is 15.9. The summed E-state index contributed by atoms with van der Waals surface area (Å²) in [4.78, 5) is 9.99. The molecule has 0 bridgehead atoms. The van der Waals surface area contributed by atoms with Crippen molar-refractivity contribution in [1.29, 1.82) is 0 Å². The van der Waals surface area contributed by atoms with Gasteiger partial charge in [0.05, 0.1) is 33.5 Å². The zero-order valence-electron chi connectivity index (χ0n) is 36.5. The molecule has 4 heteroatoms. The fraction of sp³-hybridized carbons (Fsp3) is 0.0492. The number of nitrogens with zero attached hydrogens (tertiary/aromatic N) is 4. The Morgan fingerprint density at radius 2 is 0.769 bits per heavy atom. The Hall–Kier alpha value is -8.34. The van der Waals surface area contributed by atoms with Crippen molar-refractivity contribution in [3.63, 3.8) is 0 Å². The number of para-hydroxylation sites is 1. The minimum absolute atomic E-state index is 0.718. The molecule has 0 fully saturated rings. The van der Waals surface area contributed by atoms with Gasteiger partial charge in [-0.25, -0.2) is 9.97 Å². The van der Waals surface area contributed by atoms with E-state index in [2.05, 4.69) is 206 Å². The van der Waals surface area contributed by atoms with Crippen LogP contribution in [0.4, 0.5) is 0 Å². The molecule has 0 atom stereocenters.